The van der Waals surface area contributed by atoms with Gasteiger partial charge in [0, 0.05) is 12.6 Å². The summed E-state index contributed by atoms with van der Waals surface area (Å²) in [5.74, 6) is 0. The van der Waals surface area contributed by atoms with Gasteiger partial charge in [-0.2, -0.15) is 0 Å². The van der Waals surface area contributed by atoms with Gasteiger partial charge in [0.1, 0.15) is 6.17 Å². The molecule has 1 atom stereocenters. The SMILES string of the molecule is CC(C)N(C)CCC(F)CCN. The zero-order valence-electron chi connectivity index (χ0n) is 8.39. The van der Waals surface area contributed by atoms with E-state index < -0.39 is 6.17 Å². The molecule has 12 heavy (non-hydrogen) atoms. The molecule has 0 aliphatic carbocycles. The Kier molecular flexibility index (Phi) is 6.30. The molecule has 0 saturated carbocycles. The lowest BCUT2D eigenvalue weighted by Gasteiger charge is -2.21. The van der Waals surface area contributed by atoms with Crippen LogP contribution in [-0.4, -0.2) is 37.3 Å². The van der Waals surface area contributed by atoms with E-state index in [0.29, 0.717) is 25.4 Å². The zero-order valence-corrected chi connectivity index (χ0v) is 8.39. The van der Waals surface area contributed by atoms with Crippen molar-refractivity contribution in [1.29, 1.82) is 0 Å². The first-order valence-electron chi connectivity index (χ1n) is 4.62. The summed E-state index contributed by atoms with van der Waals surface area (Å²) in [6.45, 7) is 5.48. The van der Waals surface area contributed by atoms with Crippen molar-refractivity contribution in [2.75, 3.05) is 20.1 Å². The molecule has 2 N–H and O–H groups in total. The van der Waals surface area contributed by atoms with Crippen LogP contribution in [0.3, 0.4) is 0 Å². The molecular weight excluding hydrogens is 155 g/mol. The minimum absolute atomic E-state index is 0.451. The van der Waals surface area contributed by atoms with Gasteiger partial charge in [0.2, 0.25) is 0 Å². The lowest BCUT2D eigenvalue weighted by Crippen LogP contribution is -2.29. The third-order valence-corrected chi connectivity index (χ3v) is 2.16. The molecule has 0 saturated heterocycles. The summed E-state index contributed by atoms with van der Waals surface area (Å²) in [5, 5.41) is 0. The number of nitrogens with two attached hydrogens (primary N) is 1. The smallest absolute Gasteiger partial charge is 0.103 e. The Balaban J connectivity index is 3.40. The molecule has 3 heteroatoms. The van der Waals surface area contributed by atoms with E-state index in [4.69, 9.17) is 5.73 Å². The van der Waals surface area contributed by atoms with Gasteiger partial charge in [-0.3, -0.25) is 0 Å². The molecule has 0 fully saturated rings. The molecule has 0 heterocycles. The van der Waals surface area contributed by atoms with Crippen molar-refractivity contribution in [2.24, 2.45) is 5.73 Å². The second-order valence-electron chi connectivity index (χ2n) is 3.54. The number of hydrogen-bond acceptors (Lipinski definition) is 2. The van der Waals surface area contributed by atoms with Crippen LogP contribution in [0.4, 0.5) is 4.39 Å². The fraction of sp³-hybridized carbons (Fsp3) is 1.00. The monoisotopic (exact) mass is 176 g/mol. The summed E-state index contributed by atoms with van der Waals surface area (Å²) in [5.41, 5.74) is 5.24. The molecule has 0 aromatic rings. The fourth-order valence-electron chi connectivity index (χ4n) is 0.927. The molecule has 0 bridgehead atoms. The van der Waals surface area contributed by atoms with Gasteiger partial charge in [0.25, 0.3) is 0 Å². The van der Waals surface area contributed by atoms with E-state index in [1.165, 1.54) is 0 Å². The summed E-state index contributed by atoms with van der Waals surface area (Å²) < 4.78 is 12.9. The van der Waals surface area contributed by atoms with E-state index in [1.54, 1.807) is 0 Å². The van der Waals surface area contributed by atoms with Gasteiger partial charge in [-0.25, -0.2) is 4.39 Å². The van der Waals surface area contributed by atoms with Crippen molar-refractivity contribution in [1.82, 2.24) is 4.90 Å². The molecular formula is C9H21FN2. The van der Waals surface area contributed by atoms with Crippen molar-refractivity contribution in [3.63, 3.8) is 0 Å². The highest BCUT2D eigenvalue weighted by molar-refractivity contribution is 4.62. The van der Waals surface area contributed by atoms with E-state index in [2.05, 4.69) is 18.7 Å². The highest BCUT2D eigenvalue weighted by Crippen LogP contribution is 2.04. The fourth-order valence-corrected chi connectivity index (χ4v) is 0.927. The summed E-state index contributed by atoms with van der Waals surface area (Å²) in [6.07, 6.45) is 0.369. The van der Waals surface area contributed by atoms with E-state index >= 15 is 0 Å². The molecule has 1 unspecified atom stereocenters. The van der Waals surface area contributed by atoms with Crippen LogP contribution in [-0.2, 0) is 0 Å². The molecule has 0 spiro atoms. The van der Waals surface area contributed by atoms with Gasteiger partial charge in [-0.1, -0.05) is 0 Å². The first kappa shape index (κ1) is 11.8. The van der Waals surface area contributed by atoms with Crippen molar-refractivity contribution in [3.05, 3.63) is 0 Å². The molecule has 0 aromatic heterocycles. The maximum absolute atomic E-state index is 12.9. The van der Waals surface area contributed by atoms with Gasteiger partial charge >= 0.3 is 0 Å². The van der Waals surface area contributed by atoms with Crippen molar-refractivity contribution in [2.45, 2.75) is 38.9 Å². The number of rotatable bonds is 6. The Morgan fingerprint density at radius 2 is 1.92 bits per heavy atom. The number of nitrogens with zero attached hydrogens (tertiary/aromatic N) is 1. The Morgan fingerprint density at radius 3 is 2.33 bits per heavy atom. The second-order valence-corrected chi connectivity index (χ2v) is 3.54. The third kappa shape index (κ3) is 5.49. The lowest BCUT2D eigenvalue weighted by atomic mass is 10.2. The summed E-state index contributed by atoms with van der Waals surface area (Å²) in [7, 11) is 2.01. The molecule has 0 aliphatic rings. The van der Waals surface area contributed by atoms with E-state index in [1.807, 2.05) is 7.05 Å². The summed E-state index contributed by atoms with van der Waals surface area (Å²) in [4.78, 5) is 2.14. The standard InChI is InChI=1S/C9H21FN2/c1-8(2)12(3)7-5-9(10)4-6-11/h8-9H,4-7,11H2,1-3H3. The highest BCUT2D eigenvalue weighted by atomic mass is 19.1. The molecule has 0 aromatic carbocycles. The largest absolute Gasteiger partial charge is 0.330 e. The Bertz CT molecular complexity index is 107. The quantitative estimate of drug-likeness (QED) is 0.663. The predicted molar refractivity (Wildman–Crippen MR) is 51.0 cm³/mol. The Morgan fingerprint density at radius 1 is 1.33 bits per heavy atom. The van der Waals surface area contributed by atoms with Gasteiger partial charge in [0.05, 0.1) is 0 Å². The minimum atomic E-state index is -0.726. The topological polar surface area (TPSA) is 29.3 Å². The third-order valence-electron chi connectivity index (χ3n) is 2.16. The van der Waals surface area contributed by atoms with Gasteiger partial charge in [-0.05, 0) is 40.3 Å². The highest BCUT2D eigenvalue weighted by Gasteiger charge is 2.08. The molecule has 2 nitrogen and oxygen atoms in total. The second kappa shape index (κ2) is 6.38. The summed E-state index contributed by atoms with van der Waals surface area (Å²) >= 11 is 0. The van der Waals surface area contributed by atoms with Crippen LogP contribution in [0.2, 0.25) is 0 Å². The summed E-state index contributed by atoms with van der Waals surface area (Å²) in [6, 6.07) is 0.495. The zero-order chi connectivity index (χ0) is 9.56. The van der Waals surface area contributed by atoms with Crippen LogP contribution < -0.4 is 5.73 Å². The Labute approximate surface area is 74.9 Å². The molecule has 0 radical (unpaired) electrons. The number of hydrogen-bond donors (Lipinski definition) is 1. The van der Waals surface area contributed by atoms with Crippen LogP contribution in [0, 0.1) is 0 Å². The predicted octanol–water partition coefficient (Wildman–Crippen LogP) is 1.40. The van der Waals surface area contributed by atoms with Crippen LogP contribution in [0.1, 0.15) is 26.7 Å². The maximum Gasteiger partial charge on any atom is 0.103 e. The van der Waals surface area contributed by atoms with Gasteiger partial charge < -0.3 is 10.6 Å². The van der Waals surface area contributed by atoms with Crippen LogP contribution in [0.5, 0.6) is 0 Å². The van der Waals surface area contributed by atoms with Crippen LogP contribution in [0.25, 0.3) is 0 Å². The number of alkyl halides is 1. The average molecular weight is 176 g/mol. The maximum atomic E-state index is 12.9. The molecule has 74 valence electrons. The van der Waals surface area contributed by atoms with Crippen molar-refractivity contribution < 1.29 is 4.39 Å². The van der Waals surface area contributed by atoms with Gasteiger partial charge in [0.15, 0.2) is 0 Å². The van der Waals surface area contributed by atoms with Crippen LogP contribution >= 0.6 is 0 Å². The first-order valence-corrected chi connectivity index (χ1v) is 4.62. The number of halogens is 1. The molecule has 0 aliphatic heterocycles. The van der Waals surface area contributed by atoms with Crippen LogP contribution in [0.15, 0.2) is 0 Å². The minimum Gasteiger partial charge on any atom is -0.330 e. The lowest BCUT2D eigenvalue weighted by molar-refractivity contribution is 0.218. The average Bonchev–Trinajstić information content (AvgIpc) is 2.00. The van der Waals surface area contributed by atoms with E-state index in [-0.39, 0.29) is 0 Å². The van der Waals surface area contributed by atoms with E-state index in [0.717, 1.165) is 6.54 Å². The first-order chi connectivity index (χ1) is 5.57. The van der Waals surface area contributed by atoms with E-state index in [9.17, 15) is 4.39 Å². The van der Waals surface area contributed by atoms with Gasteiger partial charge in [-0.15, -0.1) is 0 Å². The normalized spacial score (nSPS) is 14.2. The Hall–Kier alpha value is -0.150. The molecule has 0 amide bonds. The van der Waals surface area contributed by atoms with Crippen molar-refractivity contribution >= 4 is 0 Å². The van der Waals surface area contributed by atoms with Crippen molar-refractivity contribution in [3.8, 4) is 0 Å². The molecule has 0 rings (SSSR count).